The van der Waals surface area contributed by atoms with Crippen LogP contribution in [0.15, 0.2) is 84.9 Å². The number of nitrogen functional groups attached to an aromatic ring is 1. The summed E-state index contributed by atoms with van der Waals surface area (Å²) >= 11 is 0. The minimum Gasteiger partial charge on any atom is -0.457 e. The van der Waals surface area contributed by atoms with E-state index < -0.39 is 0 Å². The van der Waals surface area contributed by atoms with Crippen LogP contribution < -0.4 is 11.1 Å². The number of nitrogens with zero attached hydrogens (tertiary/aromatic N) is 3. The van der Waals surface area contributed by atoms with Crippen molar-refractivity contribution in [2.24, 2.45) is 0 Å². The van der Waals surface area contributed by atoms with Crippen LogP contribution in [0.1, 0.15) is 11.4 Å². The Morgan fingerprint density at radius 2 is 1.45 bits per heavy atom. The molecule has 0 radical (unpaired) electrons. The summed E-state index contributed by atoms with van der Waals surface area (Å²) in [6.45, 7) is -0.0862. The lowest BCUT2D eigenvalue weighted by atomic mass is 10.0. The number of nitrogens with one attached hydrogen (secondary N) is 1. The summed E-state index contributed by atoms with van der Waals surface area (Å²) in [7, 11) is 0. The third kappa shape index (κ3) is 5.63. The van der Waals surface area contributed by atoms with Crippen molar-refractivity contribution < 1.29 is 9.53 Å². The van der Waals surface area contributed by atoms with Crippen LogP contribution in [0.3, 0.4) is 0 Å². The van der Waals surface area contributed by atoms with Gasteiger partial charge in [0.25, 0.3) is 0 Å². The number of carbonyl (C=O) groups excluding carboxylic acids is 1. The maximum absolute atomic E-state index is 12.3. The van der Waals surface area contributed by atoms with Gasteiger partial charge in [0.2, 0.25) is 11.9 Å². The molecule has 7 nitrogen and oxygen atoms in total. The molecule has 3 N–H and O–H groups in total. The normalized spacial score (nSPS) is 10.5. The number of esters is 1. The largest absolute Gasteiger partial charge is 0.457 e. The number of aromatic nitrogens is 3. The van der Waals surface area contributed by atoms with Gasteiger partial charge in [-0.05, 0) is 28.8 Å². The molecule has 0 aliphatic rings. The minimum atomic E-state index is -0.371. The van der Waals surface area contributed by atoms with Crippen molar-refractivity contribution in [3.63, 3.8) is 0 Å². The van der Waals surface area contributed by atoms with Crippen molar-refractivity contribution in [1.82, 2.24) is 15.0 Å². The third-order valence-electron chi connectivity index (χ3n) is 4.50. The Morgan fingerprint density at radius 3 is 2.16 bits per heavy atom. The Morgan fingerprint density at radius 1 is 0.806 bits per heavy atom. The monoisotopic (exact) mass is 411 g/mol. The van der Waals surface area contributed by atoms with Gasteiger partial charge in [-0.1, -0.05) is 72.8 Å². The van der Waals surface area contributed by atoms with Gasteiger partial charge in [0, 0.05) is 5.69 Å². The zero-order valence-electron chi connectivity index (χ0n) is 16.7. The van der Waals surface area contributed by atoms with Gasteiger partial charge in [-0.2, -0.15) is 15.0 Å². The van der Waals surface area contributed by atoms with Crippen molar-refractivity contribution in [1.29, 1.82) is 0 Å². The van der Waals surface area contributed by atoms with E-state index >= 15 is 0 Å². The molecule has 31 heavy (non-hydrogen) atoms. The van der Waals surface area contributed by atoms with Crippen LogP contribution >= 0.6 is 0 Å². The molecule has 3 aromatic carbocycles. The zero-order valence-corrected chi connectivity index (χ0v) is 16.7. The average molecular weight is 411 g/mol. The van der Waals surface area contributed by atoms with Gasteiger partial charge < -0.3 is 15.8 Å². The van der Waals surface area contributed by atoms with Crippen molar-refractivity contribution in [2.75, 3.05) is 11.1 Å². The summed E-state index contributed by atoms with van der Waals surface area (Å²) < 4.78 is 5.33. The molecule has 0 spiro atoms. The zero-order chi connectivity index (χ0) is 21.5. The molecule has 0 aliphatic heterocycles. The molecular weight excluding hydrogens is 390 g/mol. The minimum absolute atomic E-state index is 0.0518. The highest BCUT2D eigenvalue weighted by Crippen LogP contribution is 2.19. The van der Waals surface area contributed by atoms with Gasteiger partial charge in [0.05, 0.1) is 6.42 Å². The summed E-state index contributed by atoms with van der Waals surface area (Å²) in [5.74, 6) is 0.250. The highest BCUT2D eigenvalue weighted by molar-refractivity contribution is 5.73. The fourth-order valence-corrected chi connectivity index (χ4v) is 3.02. The standard InChI is InChI=1S/C24H21N5O2/c25-23-27-21(28-24(29-23)26-20-9-5-2-6-10-20)16-31-22(30)15-17-11-13-19(14-12-17)18-7-3-1-4-8-18/h1-14H,15-16H2,(H3,25,26,27,28,29). The molecule has 1 aromatic heterocycles. The van der Waals surface area contributed by atoms with Crippen LogP contribution in [0.4, 0.5) is 17.6 Å². The van der Waals surface area contributed by atoms with Crippen LogP contribution in [0, 0.1) is 0 Å². The quantitative estimate of drug-likeness (QED) is 0.440. The number of ether oxygens (including phenoxy) is 1. The second-order valence-corrected chi connectivity index (χ2v) is 6.82. The van der Waals surface area contributed by atoms with E-state index in [-0.39, 0.29) is 30.8 Å². The van der Waals surface area contributed by atoms with Gasteiger partial charge in [-0.15, -0.1) is 0 Å². The van der Waals surface area contributed by atoms with Gasteiger partial charge >= 0.3 is 5.97 Å². The molecule has 0 aliphatic carbocycles. The predicted octanol–water partition coefficient (Wildman–Crippen LogP) is 4.15. The highest BCUT2D eigenvalue weighted by Gasteiger charge is 2.10. The smallest absolute Gasteiger partial charge is 0.310 e. The number of rotatable bonds is 7. The Bertz CT molecular complexity index is 1150. The Kier molecular flexibility index (Phi) is 6.13. The molecule has 1 heterocycles. The van der Waals surface area contributed by atoms with E-state index in [1.807, 2.05) is 84.9 Å². The first-order valence-corrected chi connectivity index (χ1v) is 9.78. The summed E-state index contributed by atoms with van der Waals surface area (Å²) in [5, 5.41) is 3.05. The first kappa shape index (κ1) is 20.0. The number of carbonyl (C=O) groups is 1. The van der Waals surface area contributed by atoms with Crippen molar-refractivity contribution in [3.8, 4) is 11.1 Å². The SMILES string of the molecule is Nc1nc(COC(=O)Cc2ccc(-c3ccccc3)cc2)nc(Nc2ccccc2)n1. The Hall–Kier alpha value is -4.26. The molecule has 0 bridgehead atoms. The second-order valence-electron chi connectivity index (χ2n) is 6.82. The van der Waals surface area contributed by atoms with Crippen molar-refractivity contribution in [2.45, 2.75) is 13.0 Å². The first-order chi connectivity index (χ1) is 15.2. The van der Waals surface area contributed by atoms with E-state index in [2.05, 4.69) is 20.3 Å². The molecule has 0 saturated carbocycles. The summed E-state index contributed by atoms with van der Waals surface area (Å²) in [6, 6.07) is 27.3. The van der Waals surface area contributed by atoms with Crippen LogP contribution in [-0.4, -0.2) is 20.9 Å². The fourth-order valence-electron chi connectivity index (χ4n) is 3.02. The highest BCUT2D eigenvalue weighted by atomic mass is 16.5. The topological polar surface area (TPSA) is 103 Å². The lowest BCUT2D eigenvalue weighted by molar-refractivity contribution is -0.144. The summed E-state index contributed by atoms with van der Waals surface area (Å²) in [5.41, 5.74) is 9.67. The Labute approximate surface area is 180 Å². The van der Waals surface area contributed by atoms with Crippen LogP contribution in [0.2, 0.25) is 0 Å². The van der Waals surface area contributed by atoms with Crippen LogP contribution in [0.25, 0.3) is 11.1 Å². The van der Waals surface area contributed by atoms with E-state index in [0.717, 1.165) is 22.4 Å². The number of hydrogen-bond acceptors (Lipinski definition) is 7. The molecule has 4 rings (SSSR count). The van der Waals surface area contributed by atoms with E-state index in [1.165, 1.54) is 0 Å². The number of nitrogens with two attached hydrogens (primary N) is 1. The summed E-state index contributed by atoms with van der Waals surface area (Å²) in [4.78, 5) is 24.6. The van der Waals surface area contributed by atoms with Gasteiger partial charge in [0.1, 0.15) is 0 Å². The predicted molar refractivity (Wildman–Crippen MR) is 119 cm³/mol. The summed E-state index contributed by atoms with van der Waals surface area (Å²) in [6.07, 6.45) is 0.157. The number of anilines is 3. The van der Waals surface area contributed by atoms with Gasteiger partial charge in [-0.3, -0.25) is 4.79 Å². The van der Waals surface area contributed by atoms with E-state index in [1.54, 1.807) is 0 Å². The van der Waals surface area contributed by atoms with Crippen molar-refractivity contribution >= 4 is 23.6 Å². The molecule has 0 unspecified atom stereocenters. The maximum Gasteiger partial charge on any atom is 0.310 e. The van der Waals surface area contributed by atoms with E-state index in [0.29, 0.717) is 5.95 Å². The lowest BCUT2D eigenvalue weighted by Crippen LogP contribution is -2.12. The van der Waals surface area contributed by atoms with E-state index in [4.69, 9.17) is 10.5 Å². The van der Waals surface area contributed by atoms with Gasteiger partial charge in [-0.25, -0.2) is 0 Å². The molecular formula is C24H21N5O2. The molecule has 7 heteroatoms. The molecule has 4 aromatic rings. The maximum atomic E-state index is 12.3. The van der Waals surface area contributed by atoms with Gasteiger partial charge in [0.15, 0.2) is 12.4 Å². The van der Waals surface area contributed by atoms with Crippen molar-refractivity contribution in [3.05, 3.63) is 96.3 Å². The first-order valence-electron chi connectivity index (χ1n) is 9.78. The molecule has 0 atom stereocenters. The van der Waals surface area contributed by atoms with Crippen LogP contribution in [-0.2, 0) is 22.6 Å². The molecule has 154 valence electrons. The number of para-hydroxylation sites is 1. The molecule has 0 fully saturated rings. The Balaban J connectivity index is 1.34. The van der Waals surface area contributed by atoms with E-state index in [9.17, 15) is 4.79 Å². The number of hydrogen-bond donors (Lipinski definition) is 2. The average Bonchev–Trinajstić information content (AvgIpc) is 2.79. The second kappa shape index (κ2) is 9.49. The molecule has 0 amide bonds. The van der Waals surface area contributed by atoms with Crippen LogP contribution in [0.5, 0.6) is 0 Å². The molecule has 0 saturated heterocycles. The third-order valence-corrected chi connectivity index (χ3v) is 4.50. The number of benzene rings is 3. The fraction of sp³-hybridized carbons (Fsp3) is 0.0833. The lowest BCUT2D eigenvalue weighted by Gasteiger charge is -2.08.